The molecule has 0 aliphatic rings. The number of thiophene rings is 1. The van der Waals surface area contributed by atoms with Crippen LogP contribution in [0.15, 0.2) is 57.2 Å². The number of halogens is 1. The number of hydrogen-bond acceptors (Lipinski definition) is 7. The zero-order valence-corrected chi connectivity index (χ0v) is 18.8. The molecule has 0 aliphatic heterocycles. The summed E-state index contributed by atoms with van der Waals surface area (Å²) < 4.78 is 20.7. The maximum atomic E-state index is 14.2. The van der Waals surface area contributed by atoms with Gasteiger partial charge < -0.3 is 9.84 Å². The second-order valence-electron chi connectivity index (χ2n) is 7.42. The number of unbranched alkanes of at least 4 members (excludes halogenated alkanes) is 2. The molecule has 0 aliphatic carbocycles. The van der Waals surface area contributed by atoms with Crippen LogP contribution < -0.4 is 10.7 Å². The molecule has 0 saturated carbocycles. The first kappa shape index (κ1) is 22.5. The Kier molecular flexibility index (Phi) is 7.04. The lowest BCUT2D eigenvalue weighted by molar-refractivity contribution is 0.0945. The van der Waals surface area contributed by atoms with E-state index in [1.54, 1.807) is 30.4 Å². The first-order chi connectivity index (χ1) is 16.0. The van der Waals surface area contributed by atoms with Gasteiger partial charge in [0.25, 0.3) is 5.91 Å². The van der Waals surface area contributed by atoms with Gasteiger partial charge in [-0.3, -0.25) is 9.59 Å². The number of aromatic nitrogens is 4. The van der Waals surface area contributed by atoms with Crippen molar-refractivity contribution in [1.29, 1.82) is 0 Å². The van der Waals surface area contributed by atoms with Crippen molar-refractivity contribution in [3.63, 3.8) is 0 Å². The molecule has 0 saturated heterocycles. The van der Waals surface area contributed by atoms with E-state index < -0.39 is 17.2 Å². The molecule has 1 N–H and O–H groups in total. The SMILES string of the molecule is Cc1cc(=O)c(C(=O)NCCCCCc2nc(-c3cccs3)no2)nn1-c1ccccc1F. The molecule has 0 spiro atoms. The number of aryl methyl sites for hydroxylation is 2. The van der Waals surface area contributed by atoms with Crippen LogP contribution in [0.3, 0.4) is 0 Å². The van der Waals surface area contributed by atoms with Gasteiger partial charge in [0, 0.05) is 24.7 Å². The predicted molar refractivity (Wildman–Crippen MR) is 122 cm³/mol. The first-order valence-corrected chi connectivity index (χ1v) is 11.4. The van der Waals surface area contributed by atoms with Crippen molar-refractivity contribution in [2.45, 2.75) is 32.6 Å². The van der Waals surface area contributed by atoms with Crippen LogP contribution in [0.25, 0.3) is 16.4 Å². The highest BCUT2D eigenvalue weighted by molar-refractivity contribution is 7.13. The second kappa shape index (κ2) is 10.3. The zero-order chi connectivity index (χ0) is 23.2. The lowest BCUT2D eigenvalue weighted by Gasteiger charge is -2.12. The monoisotopic (exact) mass is 467 g/mol. The fourth-order valence-corrected chi connectivity index (χ4v) is 3.95. The Bertz CT molecular complexity index is 1300. The molecule has 4 rings (SSSR count). The third kappa shape index (κ3) is 5.40. The number of para-hydroxylation sites is 1. The van der Waals surface area contributed by atoms with Gasteiger partial charge >= 0.3 is 0 Å². The summed E-state index contributed by atoms with van der Waals surface area (Å²) in [6, 6.07) is 11.2. The lowest BCUT2D eigenvalue weighted by atomic mass is 10.2. The Morgan fingerprint density at radius 1 is 1.18 bits per heavy atom. The Morgan fingerprint density at radius 2 is 2.03 bits per heavy atom. The molecule has 0 bridgehead atoms. The van der Waals surface area contributed by atoms with E-state index in [0.29, 0.717) is 36.8 Å². The van der Waals surface area contributed by atoms with Crippen molar-refractivity contribution in [2.24, 2.45) is 0 Å². The van der Waals surface area contributed by atoms with Gasteiger partial charge in [0.1, 0.15) is 11.5 Å². The number of nitrogens with zero attached hydrogens (tertiary/aromatic N) is 4. The molecule has 0 radical (unpaired) electrons. The molecule has 33 heavy (non-hydrogen) atoms. The largest absolute Gasteiger partial charge is 0.351 e. The van der Waals surface area contributed by atoms with Crippen LogP contribution >= 0.6 is 11.3 Å². The summed E-state index contributed by atoms with van der Waals surface area (Å²) in [5.74, 6) is 0.105. The highest BCUT2D eigenvalue weighted by Crippen LogP contribution is 2.21. The summed E-state index contributed by atoms with van der Waals surface area (Å²) in [5.41, 5.74) is -0.163. The van der Waals surface area contributed by atoms with Crippen LogP contribution in [0, 0.1) is 12.7 Å². The summed E-state index contributed by atoms with van der Waals surface area (Å²) >= 11 is 1.55. The van der Waals surface area contributed by atoms with Crippen LogP contribution in [0.4, 0.5) is 4.39 Å². The van der Waals surface area contributed by atoms with Gasteiger partial charge in [-0.15, -0.1) is 11.3 Å². The Balaban J connectivity index is 1.27. The second-order valence-corrected chi connectivity index (χ2v) is 8.37. The molecule has 4 aromatic rings. The quantitative estimate of drug-likeness (QED) is 0.374. The predicted octanol–water partition coefficient (Wildman–Crippen LogP) is 3.93. The summed E-state index contributed by atoms with van der Waals surface area (Å²) in [7, 11) is 0. The Hall–Kier alpha value is -3.66. The summed E-state index contributed by atoms with van der Waals surface area (Å²) in [4.78, 5) is 30.1. The zero-order valence-electron chi connectivity index (χ0n) is 18.0. The number of nitrogens with one attached hydrogen (secondary N) is 1. The van der Waals surface area contributed by atoms with E-state index in [0.717, 1.165) is 17.7 Å². The Morgan fingerprint density at radius 3 is 2.82 bits per heavy atom. The fourth-order valence-electron chi connectivity index (χ4n) is 3.30. The average Bonchev–Trinajstić information content (AvgIpc) is 3.49. The van der Waals surface area contributed by atoms with E-state index in [2.05, 4.69) is 20.6 Å². The smallest absolute Gasteiger partial charge is 0.275 e. The molecular weight excluding hydrogens is 445 g/mol. The molecule has 1 amide bonds. The van der Waals surface area contributed by atoms with Crippen molar-refractivity contribution in [1.82, 2.24) is 25.2 Å². The molecule has 3 heterocycles. The highest BCUT2D eigenvalue weighted by Gasteiger charge is 2.16. The number of rotatable bonds is 9. The third-order valence-corrected chi connectivity index (χ3v) is 5.83. The highest BCUT2D eigenvalue weighted by atomic mass is 32.1. The van der Waals surface area contributed by atoms with E-state index in [4.69, 9.17) is 4.52 Å². The van der Waals surface area contributed by atoms with Gasteiger partial charge in [0.05, 0.1) is 4.88 Å². The van der Waals surface area contributed by atoms with Crippen LogP contribution in [0.1, 0.15) is 41.3 Å². The molecule has 3 aromatic heterocycles. The summed E-state index contributed by atoms with van der Waals surface area (Å²) in [5, 5.41) is 12.8. The topological polar surface area (TPSA) is 103 Å². The van der Waals surface area contributed by atoms with E-state index in [1.807, 2.05) is 17.5 Å². The van der Waals surface area contributed by atoms with Gasteiger partial charge in [-0.25, -0.2) is 9.07 Å². The van der Waals surface area contributed by atoms with Crippen LogP contribution in [-0.2, 0) is 6.42 Å². The number of amides is 1. The molecule has 0 unspecified atom stereocenters. The maximum Gasteiger partial charge on any atom is 0.275 e. The molecule has 170 valence electrons. The molecule has 0 fully saturated rings. The number of carbonyl (C=O) groups excluding carboxylic acids is 1. The molecule has 1 aromatic carbocycles. The first-order valence-electron chi connectivity index (χ1n) is 10.5. The normalized spacial score (nSPS) is 11.0. The minimum absolute atomic E-state index is 0.173. The Labute approximate surface area is 193 Å². The maximum absolute atomic E-state index is 14.2. The van der Waals surface area contributed by atoms with Gasteiger partial charge in [0.2, 0.25) is 17.1 Å². The number of benzene rings is 1. The molecule has 10 heteroatoms. The van der Waals surface area contributed by atoms with Crippen molar-refractivity contribution in [3.8, 4) is 16.4 Å². The minimum atomic E-state index is -0.581. The van der Waals surface area contributed by atoms with Crippen LogP contribution in [-0.4, -0.2) is 32.4 Å². The van der Waals surface area contributed by atoms with Crippen LogP contribution in [0.2, 0.25) is 0 Å². The fraction of sp³-hybridized carbons (Fsp3) is 0.261. The number of hydrogen-bond donors (Lipinski definition) is 1. The summed E-state index contributed by atoms with van der Waals surface area (Å²) in [6.07, 6.45) is 3.02. The third-order valence-electron chi connectivity index (χ3n) is 4.97. The standard InChI is InChI=1S/C23H22FN5O3S/c1-15-14-18(30)21(27-29(15)17-9-5-4-8-16(17)24)23(31)25-12-6-2-3-11-20-26-22(28-32-20)19-10-7-13-33-19/h4-5,7-10,13-14H,2-3,6,11-12H2,1H3,(H,25,31). The average molecular weight is 468 g/mol. The molecule has 0 atom stereocenters. The lowest BCUT2D eigenvalue weighted by Crippen LogP contribution is -2.32. The van der Waals surface area contributed by atoms with E-state index >= 15 is 0 Å². The van der Waals surface area contributed by atoms with E-state index in [1.165, 1.54) is 22.9 Å². The van der Waals surface area contributed by atoms with Gasteiger partial charge in [-0.2, -0.15) is 10.1 Å². The van der Waals surface area contributed by atoms with Crippen LogP contribution in [0.5, 0.6) is 0 Å². The van der Waals surface area contributed by atoms with Crippen molar-refractivity contribution in [3.05, 3.63) is 81.2 Å². The minimum Gasteiger partial charge on any atom is -0.351 e. The van der Waals surface area contributed by atoms with Crippen molar-refractivity contribution in [2.75, 3.05) is 6.54 Å². The molecule has 8 nitrogen and oxygen atoms in total. The van der Waals surface area contributed by atoms with Gasteiger partial charge in [-0.1, -0.05) is 29.8 Å². The van der Waals surface area contributed by atoms with E-state index in [9.17, 15) is 14.0 Å². The molecular formula is C23H22FN5O3S. The van der Waals surface area contributed by atoms with Crippen molar-refractivity contribution < 1.29 is 13.7 Å². The summed E-state index contributed by atoms with van der Waals surface area (Å²) in [6.45, 7) is 2.02. The van der Waals surface area contributed by atoms with Gasteiger partial charge in [-0.05, 0) is 43.3 Å². The number of carbonyl (C=O) groups is 1. The van der Waals surface area contributed by atoms with Crippen molar-refractivity contribution >= 4 is 17.2 Å². The van der Waals surface area contributed by atoms with E-state index in [-0.39, 0.29) is 11.4 Å². The van der Waals surface area contributed by atoms with Gasteiger partial charge in [0.15, 0.2) is 5.69 Å².